The molecule has 1 aromatic carbocycles. The van der Waals surface area contributed by atoms with Gasteiger partial charge >= 0.3 is 12.1 Å². The zero-order valence-electron chi connectivity index (χ0n) is 25.4. The molecule has 3 atom stereocenters. The molecule has 2 aliphatic heterocycles. The van der Waals surface area contributed by atoms with Crippen molar-refractivity contribution in [3.63, 3.8) is 0 Å². The van der Waals surface area contributed by atoms with Crippen molar-refractivity contribution >= 4 is 12.1 Å². The van der Waals surface area contributed by atoms with Crippen molar-refractivity contribution in [3.8, 4) is 11.5 Å². The molecule has 3 aliphatic rings. The van der Waals surface area contributed by atoms with E-state index >= 15 is 0 Å². The number of hydrogen-bond donors (Lipinski definition) is 1. The SMILES string of the molecule is CCN1CCN(C(=O)NC2=C(OC)C(C)C(OC)C=C2)CCCC2=C[C@H](C)c3c(cc(OC)cc3OC)CN2C1=O.[HH]. The summed E-state index contributed by atoms with van der Waals surface area (Å²) in [7, 11) is 6.56. The normalized spacial score (nSPS) is 23.3. The van der Waals surface area contributed by atoms with Crippen molar-refractivity contribution in [2.45, 2.75) is 52.2 Å². The first-order valence-corrected chi connectivity index (χ1v) is 14.3. The molecular formula is C31H46N4O6. The molecular weight excluding hydrogens is 524 g/mol. The number of nitrogens with zero attached hydrogens (tertiary/aromatic N) is 3. The number of amides is 4. The van der Waals surface area contributed by atoms with E-state index in [9.17, 15) is 9.59 Å². The van der Waals surface area contributed by atoms with E-state index in [0.717, 1.165) is 22.6 Å². The summed E-state index contributed by atoms with van der Waals surface area (Å²) in [5.41, 5.74) is 3.66. The van der Waals surface area contributed by atoms with E-state index in [-0.39, 0.29) is 31.4 Å². The van der Waals surface area contributed by atoms with E-state index < -0.39 is 0 Å². The van der Waals surface area contributed by atoms with E-state index in [1.165, 1.54) is 0 Å². The predicted molar refractivity (Wildman–Crippen MR) is 159 cm³/mol. The molecule has 1 aromatic rings. The largest absolute Gasteiger partial charge is 0.499 e. The minimum absolute atomic E-state index is 0. The quantitative estimate of drug-likeness (QED) is 0.513. The summed E-state index contributed by atoms with van der Waals surface area (Å²) in [4.78, 5) is 32.9. The van der Waals surface area contributed by atoms with Gasteiger partial charge in [-0.15, -0.1) is 0 Å². The summed E-state index contributed by atoms with van der Waals surface area (Å²) in [5.74, 6) is 2.13. The molecule has 0 aromatic heterocycles. The Morgan fingerprint density at radius 2 is 1.85 bits per heavy atom. The zero-order chi connectivity index (χ0) is 29.7. The number of methoxy groups -OCH3 is 4. The summed E-state index contributed by atoms with van der Waals surface area (Å²) in [6.45, 7) is 8.45. The fraction of sp³-hybridized carbons (Fsp3) is 0.548. The van der Waals surface area contributed by atoms with Gasteiger partial charge in [-0.25, -0.2) is 9.59 Å². The molecule has 0 radical (unpaired) electrons. The molecule has 1 saturated heterocycles. The van der Waals surface area contributed by atoms with Crippen LogP contribution in [0.3, 0.4) is 0 Å². The van der Waals surface area contributed by atoms with Crippen molar-refractivity contribution in [3.05, 3.63) is 58.6 Å². The van der Waals surface area contributed by atoms with Gasteiger partial charge in [-0.1, -0.05) is 26.0 Å². The van der Waals surface area contributed by atoms with Gasteiger partial charge in [0.1, 0.15) is 17.3 Å². The van der Waals surface area contributed by atoms with Crippen LogP contribution in [0.4, 0.5) is 9.59 Å². The lowest BCUT2D eigenvalue weighted by molar-refractivity contribution is 0.0797. The number of ether oxygens (including phenoxy) is 4. The molecule has 10 nitrogen and oxygen atoms in total. The fourth-order valence-electron chi connectivity index (χ4n) is 6.01. The van der Waals surface area contributed by atoms with Crippen LogP contribution in [0, 0.1) is 5.92 Å². The molecule has 4 amide bonds. The molecule has 1 fully saturated rings. The molecule has 0 spiro atoms. The summed E-state index contributed by atoms with van der Waals surface area (Å²) < 4.78 is 22.4. The van der Waals surface area contributed by atoms with Gasteiger partial charge < -0.3 is 34.1 Å². The van der Waals surface area contributed by atoms with Crippen LogP contribution >= 0.6 is 0 Å². The molecule has 10 heteroatoms. The van der Waals surface area contributed by atoms with E-state index in [1.54, 1.807) is 38.2 Å². The molecule has 1 aliphatic carbocycles. The summed E-state index contributed by atoms with van der Waals surface area (Å²) >= 11 is 0. The zero-order valence-corrected chi connectivity index (χ0v) is 25.4. The Balaban J connectivity index is 0.00000484. The first-order chi connectivity index (χ1) is 19.8. The highest BCUT2D eigenvalue weighted by Gasteiger charge is 2.32. The maximum absolute atomic E-state index is 14.0. The maximum Gasteiger partial charge on any atom is 0.324 e. The molecule has 2 unspecified atom stereocenters. The van der Waals surface area contributed by atoms with Gasteiger partial charge in [-0.3, -0.25) is 4.90 Å². The lowest BCUT2D eigenvalue weighted by Crippen LogP contribution is -2.49. The highest BCUT2D eigenvalue weighted by Crippen LogP contribution is 2.40. The van der Waals surface area contributed by atoms with Crippen LogP contribution < -0.4 is 14.8 Å². The van der Waals surface area contributed by atoms with Crippen molar-refractivity contribution in [1.29, 1.82) is 0 Å². The number of benzene rings is 1. The summed E-state index contributed by atoms with van der Waals surface area (Å²) in [6.07, 6.45) is 7.18. The molecule has 0 saturated carbocycles. The van der Waals surface area contributed by atoms with E-state index in [1.807, 2.05) is 43.0 Å². The Kier molecular flexibility index (Phi) is 9.86. The predicted octanol–water partition coefficient (Wildman–Crippen LogP) is 5.08. The monoisotopic (exact) mass is 570 g/mol. The summed E-state index contributed by atoms with van der Waals surface area (Å²) in [5, 5.41) is 3.05. The van der Waals surface area contributed by atoms with E-state index in [4.69, 9.17) is 18.9 Å². The molecule has 41 heavy (non-hydrogen) atoms. The average Bonchev–Trinajstić information content (AvgIpc) is 3.11. The topological polar surface area (TPSA) is 92.8 Å². The van der Waals surface area contributed by atoms with Crippen LogP contribution in [-0.2, 0) is 16.0 Å². The number of fused-ring (bicyclic) bond motifs is 2. The highest BCUT2D eigenvalue weighted by atomic mass is 16.5. The standard InChI is InChI=1S/C31H44N4O6.H2/c1-8-33-14-15-34(30(36)32-25-11-12-26(39-5)21(3)29(25)41-7)13-9-10-23-16-20(2)28-22(19-35(23)31(33)37)17-24(38-4)18-27(28)40-6;/h11-12,16-18,20-21,26H,8-10,13-15,19H2,1-7H3,(H,32,36);1H/t20-,21?,26?;/m0./s1. The third-order valence-electron chi connectivity index (χ3n) is 8.26. The number of hydrogen-bond acceptors (Lipinski definition) is 6. The number of carbonyl (C=O) groups is 2. The Hall–Kier alpha value is -3.66. The smallest absolute Gasteiger partial charge is 0.324 e. The number of allylic oxidation sites excluding steroid dienone is 3. The van der Waals surface area contributed by atoms with Gasteiger partial charge in [0.15, 0.2) is 0 Å². The van der Waals surface area contributed by atoms with Crippen LogP contribution in [0.25, 0.3) is 0 Å². The van der Waals surface area contributed by atoms with Crippen molar-refractivity contribution in [2.24, 2.45) is 5.92 Å². The van der Waals surface area contributed by atoms with E-state index in [0.29, 0.717) is 62.8 Å². The Bertz CT molecular complexity index is 1230. The van der Waals surface area contributed by atoms with Crippen LogP contribution in [-0.4, -0.2) is 87.5 Å². The Labute approximate surface area is 245 Å². The molecule has 1 N–H and O–H groups in total. The second-order valence-corrected chi connectivity index (χ2v) is 10.6. The van der Waals surface area contributed by atoms with Gasteiger partial charge in [-0.2, -0.15) is 0 Å². The van der Waals surface area contributed by atoms with Gasteiger partial charge in [0.2, 0.25) is 0 Å². The number of urea groups is 2. The fourth-order valence-corrected chi connectivity index (χ4v) is 6.01. The van der Waals surface area contributed by atoms with Crippen molar-refractivity contribution < 1.29 is 30.0 Å². The molecule has 0 bridgehead atoms. The minimum Gasteiger partial charge on any atom is -0.499 e. The Morgan fingerprint density at radius 1 is 1.07 bits per heavy atom. The lowest BCUT2D eigenvalue weighted by Gasteiger charge is -2.35. The second-order valence-electron chi connectivity index (χ2n) is 10.6. The summed E-state index contributed by atoms with van der Waals surface area (Å²) in [6, 6.07) is 3.61. The van der Waals surface area contributed by atoms with Gasteiger partial charge in [0.05, 0.1) is 39.7 Å². The second kappa shape index (κ2) is 13.3. The van der Waals surface area contributed by atoms with Crippen LogP contribution in [0.1, 0.15) is 52.1 Å². The molecule has 226 valence electrons. The van der Waals surface area contributed by atoms with E-state index in [2.05, 4.69) is 18.3 Å². The van der Waals surface area contributed by atoms with Gasteiger partial charge in [0, 0.05) is 63.9 Å². The molecule has 4 rings (SSSR count). The van der Waals surface area contributed by atoms with Gasteiger partial charge in [-0.05, 0) is 37.5 Å². The number of nitrogens with one attached hydrogen (secondary N) is 1. The van der Waals surface area contributed by atoms with Crippen LogP contribution in [0.15, 0.2) is 47.5 Å². The highest BCUT2D eigenvalue weighted by molar-refractivity contribution is 5.78. The third kappa shape index (κ3) is 6.32. The van der Waals surface area contributed by atoms with Crippen molar-refractivity contribution in [2.75, 3.05) is 54.6 Å². The maximum atomic E-state index is 14.0. The first-order valence-electron chi connectivity index (χ1n) is 14.3. The average molecular weight is 571 g/mol. The number of likely N-dealkylation sites (N-methyl/N-ethyl adjacent to an activating group) is 1. The number of carbonyl (C=O) groups excluding carboxylic acids is 2. The van der Waals surface area contributed by atoms with Crippen LogP contribution in [0.2, 0.25) is 0 Å². The lowest BCUT2D eigenvalue weighted by atomic mass is 9.94. The molecule has 2 heterocycles. The first kappa shape index (κ1) is 30.3. The number of rotatable bonds is 6. The Morgan fingerprint density at radius 3 is 2.51 bits per heavy atom. The van der Waals surface area contributed by atoms with Crippen molar-refractivity contribution in [1.82, 2.24) is 20.0 Å². The van der Waals surface area contributed by atoms with Crippen LogP contribution in [0.5, 0.6) is 11.5 Å². The minimum atomic E-state index is -0.212. The van der Waals surface area contributed by atoms with Gasteiger partial charge in [0.25, 0.3) is 0 Å². The third-order valence-corrected chi connectivity index (χ3v) is 8.26.